The van der Waals surface area contributed by atoms with Gasteiger partial charge in [0, 0.05) is 17.3 Å². The maximum Gasteiger partial charge on any atom is 0.303 e. The van der Waals surface area contributed by atoms with Crippen molar-refractivity contribution >= 4 is 17.3 Å². The Morgan fingerprint density at radius 2 is 2.16 bits per heavy atom. The molecule has 0 radical (unpaired) electrons. The van der Waals surface area contributed by atoms with Crippen LogP contribution in [0.2, 0.25) is 0 Å². The third kappa shape index (κ3) is 3.80. The molecule has 1 atom stereocenters. The fraction of sp³-hybridized carbons (Fsp3) is 0.667. The second-order valence-corrected chi connectivity index (χ2v) is 6.76. The number of likely N-dealkylation sites (tertiary alicyclic amines) is 1. The number of carboxylic acid groups (broad SMARTS) is 1. The van der Waals surface area contributed by atoms with Crippen LogP contribution in [0.3, 0.4) is 0 Å². The molecule has 19 heavy (non-hydrogen) atoms. The van der Waals surface area contributed by atoms with Crippen molar-refractivity contribution < 1.29 is 9.90 Å². The van der Waals surface area contributed by atoms with Crippen LogP contribution in [0.4, 0.5) is 0 Å². The molecular weight excluding hydrogens is 258 g/mol. The van der Waals surface area contributed by atoms with E-state index in [-0.39, 0.29) is 0 Å². The van der Waals surface area contributed by atoms with Gasteiger partial charge in [-0.3, -0.25) is 9.69 Å². The van der Waals surface area contributed by atoms with Gasteiger partial charge in [0.05, 0.1) is 0 Å². The SMILES string of the molecule is CC(C)C(c1cccs1)N1CCC(CC(=O)O)CC1. The van der Waals surface area contributed by atoms with Gasteiger partial charge in [0.25, 0.3) is 0 Å². The van der Waals surface area contributed by atoms with Crippen molar-refractivity contribution in [2.75, 3.05) is 13.1 Å². The number of aliphatic carboxylic acids is 1. The van der Waals surface area contributed by atoms with Crippen LogP contribution in [0.1, 0.15) is 44.0 Å². The average molecular weight is 281 g/mol. The molecule has 0 bridgehead atoms. The zero-order chi connectivity index (χ0) is 13.8. The second-order valence-electron chi connectivity index (χ2n) is 5.78. The predicted molar refractivity (Wildman–Crippen MR) is 78.4 cm³/mol. The quantitative estimate of drug-likeness (QED) is 0.896. The van der Waals surface area contributed by atoms with E-state index in [9.17, 15) is 4.79 Å². The van der Waals surface area contributed by atoms with E-state index in [4.69, 9.17) is 5.11 Å². The minimum absolute atomic E-state index is 0.333. The normalized spacial score (nSPS) is 19.7. The largest absolute Gasteiger partial charge is 0.481 e. The monoisotopic (exact) mass is 281 g/mol. The molecule has 4 heteroatoms. The summed E-state index contributed by atoms with van der Waals surface area (Å²) in [6.45, 7) is 6.60. The van der Waals surface area contributed by atoms with Gasteiger partial charge in [0.15, 0.2) is 0 Å². The van der Waals surface area contributed by atoms with Gasteiger partial charge in [-0.15, -0.1) is 11.3 Å². The summed E-state index contributed by atoms with van der Waals surface area (Å²) >= 11 is 1.83. The van der Waals surface area contributed by atoms with Crippen molar-refractivity contribution in [3.63, 3.8) is 0 Å². The van der Waals surface area contributed by atoms with Crippen molar-refractivity contribution in [3.8, 4) is 0 Å². The lowest BCUT2D eigenvalue weighted by molar-refractivity contribution is -0.138. The van der Waals surface area contributed by atoms with Crippen LogP contribution in [0.25, 0.3) is 0 Å². The maximum absolute atomic E-state index is 10.8. The van der Waals surface area contributed by atoms with Gasteiger partial charge >= 0.3 is 5.97 Å². The van der Waals surface area contributed by atoms with Gasteiger partial charge in [0.1, 0.15) is 0 Å². The standard InChI is InChI=1S/C15H23NO2S/c1-11(2)15(13-4-3-9-19-13)16-7-5-12(6-8-16)10-14(17)18/h3-4,9,11-12,15H,5-8,10H2,1-2H3,(H,17,18). The lowest BCUT2D eigenvalue weighted by Crippen LogP contribution is -2.39. The Balaban J connectivity index is 1.96. The summed E-state index contributed by atoms with van der Waals surface area (Å²) in [6.07, 6.45) is 2.36. The molecule has 3 nitrogen and oxygen atoms in total. The van der Waals surface area contributed by atoms with E-state index in [2.05, 4.69) is 36.3 Å². The minimum Gasteiger partial charge on any atom is -0.481 e. The molecule has 1 aromatic heterocycles. The summed E-state index contributed by atoms with van der Waals surface area (Å²) < 4.78 is 0. The van der Waals surface area contributed by atoms with Crippen LogP contribution >= 0.6 is 11.3 Å². The lowest BCUT2D eigenvalue weighted by Gasteiger charge is -2.38. The van der Waals surface area contributed by atoms with Gasteiger partial charge in [-0.05, 0) is 49.2 Å². The van der Waals surface area contributed by atoms with Crippen LogP contribution in [0, 0.1) is 11.8 Å². The van der Waals surface area contributed by atoms with E-state index in [1.54, 1.807) is 0 Å². The van der Waals surface area contributed by atoms with Crippen LogP contribution in [-0.2, 0) is 4.79 Å². The van der Waals surface area contributed by atoms with Gasteiger partial charge in [-0.1, -0.05) is 19.9 Å². The molecule has 2 rings (SSSR count). The fourth-order valence-electron chi connectivity index (χ4n) is 3.07. The van der Waals surface area contributed by atoms with E-state index in [1.807, 2.05) is 11.3 Å². The molecule has 0 aliphatic carbocycles. The zero-order valence-electron chi connectivity index (χ0n) is 11.7. The first kappa shape index (κ1) is 14.5. The third-order valence-corrected chi connectivity index (χ3v) is 4.91. The highest BCUT2D eigenvalue weighted by Gasteiger charge is 2.29. The Bertz CT molecular complexity index is 394. The number of carboxylic acids is 1. The van der Waals surface area contributed by atoms with E-state index in [0.29, 0.717) is 24.3 Å². The molecule has 1 aromatic rings. The molecule has 0 amide bonds. The van der Waals surface area contributed by atoms with E-state index >= 15 is 0 Å². The molecule has 0 aromatic carbocycles. The molecule has 106 valence electrons. The van der Waals surface area contributed by atoms with Crippen molar-refractivity contribution in [1.29, 1.82) is 0 Å². The molecule has 1 aliphatic rings. The van der Waals surface area contributed by atoms with Crippen molar-refractivity contribution in [2.24, 2.45) is 11.8 Å². The first-order valence-electron chi connectivity index (χ1n) is 7.07. The van der Waals surface area contributed by atoms with Crippen LogP contribution < -0.4 is 0 Å². The summed E-state index contributed by atoms with van der Waals surface area (Å²) in [5, 5.41) is 11.0. The lowest BCUT2D eigenvalue weighted by atomic mass is 9.90. The number of nitrogens with zero attached hydrogens (tertiary/aromatic N) is 1. The highest BCUT2D eigenvalue weighted by Crippen LogP contribution is 2.35. The molecule has 0 saturated carbocycles. The van der Waals surface area contributed by atoms with Gasteiger partial charge in [-0.25, -0.2) is 0 Å². The average Bonchev–Trinajstić information content (AvgIpc) is 2.84. The van der Waals surface area contributed by atoms with Crippen molar-refractivity contribution in [2.45, 2.75) is 39.2 Å². The van der Waals surface area contributed by atoms with Crippen molar-refractivity contribution in [1.82, 2.24) is 4.90 Å². The second kappa shape index (κ2) is 6.53. The summed E-state index contributed by atoms with van der Waals surface area (Å²) in [5.74, 6) is 0.302. The Labute approximate surface area is 119 Å². The Hall–Kier alpha value is -0.870. The maximum atomic E-state index is 10.8. The Kier molecular flexibility index (Phi) is 4.99. The molecule has 2 heterocycles. The fourth-order valence-corrected chi connectivity index (χ4v) is 4.10. The Morgan fingerprint density at radius 1 is 1.47 bits per heavy atom. The molecule has 1 aliphatic heterocycles. The number of carbonyl (C=O) groups is 1. The number of hydrogen-bond donors (Lipinski definition) is 1. The van der Waals surface area contributed by atoms with E-state index in [0.717, 1.165) is 25.9 Å². The first-order chi connectivity index (χ1) is 9.08. The smallest absolute Gasteiger partial charge is 0.303 e. The summed E-state index contributed by atoms with van der Waals surface area (Å²) in [7, 11) is 0. The van der Waals surface area contributed by atoms with Gasteiger partial charge in [0.2, 0.25) is 0 Å². The number of rotatable bonds is 5. The van der Waals surface area contributed by atoms with Crippen molar-refractivity contribution in [3.05, 3.63) is 22.4 Å². The highest BCUT2D eigenvalue weighted by atomic mass is 32.1. The molecule has 1 fully saturated rings. The Morgan fingerprint density at radius 3 is 2.63 bits per heavy atom. The molecule has 1 saturated heterocycles. The summed E-state index contributed by atoms with van der Waals surface area (Å²) in [4.78, 5) is 14.7. The summed E-state index contributed by atoms with van der Waals surface area (Å²) in [5.41, 5.74) is 0. The molecule has 1 unspecified atom stereocenters. The highest BCUT2D eigenvalue weighted by molar-refractivity contribution is 7.10. The topological polar surface area (TPSA) is 40.5 Å². The number of piperidine rings is 1. The van der Waals surface area contributed by atoms with Crippen LogP contribution in [-0.4, -0.2) is 29.1 Å². The van der Waals surface area contributed by atoms with Crippen LogP contribution in [0.5, 0.6) is 0 Å². The minimum atomic E-state index is -0.655. The van der Waals surface area contributed by atoms with E-state index in [1.165, 1.54) is 4.88 Å². The number of hydrogen-bond acceptors (Lipinski definition) is 3. The molecule has 0 spiro atoms. The third-order valence-electron chi connectivity index (χ3n) is 3.97. The summed E-state index contributed by atoms with van der Waals surface area (Å²) in [6, 6.07) is 4.83. The molecular formula is C15H23NO2S. The van der Waals surface area contributed by atoms with Crippen LogP contribution in [0.15, 0.2) is 17.5 Å². The van der Waals surface area contributed by atoms with Gasteiger partial charge < -0.3 is 5.11 Å². The predicted octanol–water partition coefficient (Wildman–Crippen LogP) is 3.63. The molecule has 1 N–H and O–H groups in total. The van der Waals surface area contributed by atoms with Gasteiger partial charge in [-0.2, -0.15) is 0 Å². The zero-order valence-corrected chi connectivity index (χ0v) is 12.5. The first-order valence-corrected chi connectivity index (χ1v) is 7.95. The van der Waals surface area contributed by atoms with E-state index < -0.39 is 5.97 Å². The number of thiophene rings is 1.